The zero-order chi connectivity index (χ0) is 19.0. The van der Waals surface area contributed by atoms with Crippen LogP contribution in [0.2, 0.25) is 0 Å². The minimum atomic E-state index is -4.87. The summed E-state index contributed by atoms with van der Waals surface area (Å²) in [4.78, 5) is 23.9. The van der Waals surface area contributed by atoms with Crippen molar-refractivity contribution in [3.05, 3.63) is 83.4 Å². The maximum absolute atomic E-state index is 12.7. The van der Waals surface area contributed by atoms with Crippen molar-refractivity contribution in [2.75, 3.05) is 0 Å². The van der Waals surface area contributed by atoms with Gasteiger partial charge >= 0.3 is 18.1 Å². The number of carbonyl (C=O) groups excluding carboxylic acids is 2. The summed E-state index contributed by atoms with van der Waals surface area (Å²) >= 11 is 0. The highest BCUT2D eigenvalue weighted by molar-refractivity contribution is 6.14. The van der Waals surface area contributed by atoms with E-state index in [4.69, 9.17) is 9.47 Å². The summed E-state index contributed by atoms with van der Waals surface area (Å²) in [5, 5.41) is 0. The van der Waals surface area contributed by atoms with Gasteiger partial charge in [0.15, 0.2) is 0 Å². The zero-order valence-corrected chi connectivity index (χ0v) is 13.5. The van der Waals surface area contributed by atoms with Crippen LogP contribution in [0.25, 0.3) is 0 Å². The second kappa shape index (κ2) is 8.84. The van der Waals surface area contributed by atoms with E-state index in [1.54, 1.807) is 60.7 Å². The highest BCUT2D eigenvalue weighted by atomic mass is 19.4. The third-order valence-electron chi connectivity index (χ3n) is 3.17. The van der Waals surface area contributed by atoms with Crippen LogP contribution >= 0.6 is 0 Å². The molecule has 136 valence electrons. The SMILES string of the molecule is O=C(OCc1ccccc1)C(=CC(F)(F)F)C(=O)OCc1ccccc1. The molecule has 2 aromatic rings. The average molecular weight is 364 g/mol. The molecule has 0 aliphatic heterocycles. The standard InChI is InChI=1S/C19H15F3O4/c20-19(21,22)11-16(17(23)25-12-14-7-3-1-4-8-14)18(24)26-13-15-9-5-2-6-10-15/h1-11H,12-13H2. The summed E-state index contributed by atoms with van der Waals surface area (Å²) in [5.41, 5.74) is -0.0564. The molecule has 7 heteroatoms. The van der Waals surface area contributed by atoms with Crippen molar-refractivity contribution in [1.82, 2.24) is 0 Å². The van der Waals surface area contributed by atoms with Crippen molar-refractivity contribution in [2.45, 2.75) is 19.4 Å². The van der Waals surface area contributed by atoms with Crippen molar-refractivity contribution < 1.29 is 32.2 Å². The lowest BCUT2D eigenvalue weighted by Gasteiger charge is -2.10. The van der Waals surface area contributed by atoms with Gasteiger partial charge in [-0.1, -0.05) is 60.7 Å². The monoisotopic (exact) mass is 364 g/mol. The summed E-state index contributed by atoms with van der Waals surface area (Å²) in [7, 11) is 0. The molecule has 0 amide bonds. The molecule has 0 aliphatic carbocycles. The van der Waals surface area contributed by atoms with E-state index < -0.39 is 29.8 Å². The van der Waals surface area contributed by atoms with E-state index in [0.717, 1.165) is 0 Å². The first-order valence-corrected chi connectivity index (χ1v) is 7.57. The minimum Gasteiger partial charge on any atom is -0.457 e. The molecule has 0 saturated heterocycles. The number of ether oxygens (including phenoxy) is 2. The Bertz CT molecular complexity index is 711. The summed E-state index contributed by atoms with van der Waals surface area (Å²) in [6, 6.07) is 16.7. The minimum absolute atomic E-state index is 0.263. The molecule has 0 aliphatic rings. The van der Waals surface area contributed by atoms with Crippen LogP contribution in [0.5, 0.6) is 0 Å². The van der Waals surface area contributed by atoms with Crippen molar-refractivity contribution in [2.24, 2.45) is 0 Å². The van der Waals surface area contributed by atoms with Gasteiger partial charge in [0, 0.05) is 6.08 Å². The molecular weight excluding hydrogens is 349 g/mol. The van der Waals surface area contributed by atoms with Gasteiger partial charge in [0.25, 0.3) is 0 Å². The number of esters is 2. The number of halogens is 3. The smallest absolute Gasteiger partial charge is 0.410 e. The molecule has 0 spiro atoms. The van der Waals surface area contributed by atoms with Gasteiger partial charge in [-0.3, -0.25) is 0 Å². The van der Waals surface area contributed by atoms with Crippen LogP contribution in [0.15, 0.2) is 72.3 Å². The molecule has 0 heterocycles. The quantitative estimate of drug-likeness (QED) is 0.337. The Hall–Kier alpha value is -3.09. The summed E-state index contributed by atoms with van der Waals surface area (Å²) < 4.78 is 47.6. The lowest BCUT2D eigenvalue weighted by Crippen LogP contribution is -2.21. The molecule has 0 unspecified atom stereocenters. The van der Waals surface area contributed by atoms with Crippen LogP contribution in [0, 0.1) is 0 Å². The fourth-order valence-electron chi connectivity index (χ4n) is 1.97. The van der Waals surface area contributed by atoms with Crippen LogP contribution in [0.1, 0.15) is 11.1 Å². The maximum atomic E-state index is 12.7. The fraction of sp³-hybridized carbons (Fsp3) is 0.158. The lowest BCUT2D eigenvalue weighted by molar-refractivity contribution is -0.149. The Balaban J connectivity index is 2.06. The van der Waals surface area contributed by atoms with Gasteiger partial charge in [-0.25, -0.2) is 9.59 Å². The van der Waals surface area contributed by atoms with Crippen LogP contribution in [0.4, 0.5) is 13.2 Å². The third kappa shape index (κ3) is 6.43. The second-order valence-electron chi connectivity index (χ2n) is 5.22. The van der Waals surface area contributed by atoms with Crippen LogP contribution in [-0.2, 0) is 32.3 Å². The molecule has 0 bridgehead atoms. The third-order valence-corrected chi connectivity index (χ3v) is 3.17. The fourth-order valence-corrected chi connectivity index (χ4v) is 1.97. The van der Waals surface area contributed by atoms with E-state index in [0.29, 0.717) is 11.1 Å². The van der Waals surface area contributed by atoms with Crippen molar-refractivity contribution >= 4 is 11.9 Å². The maximum Gasteiger partial charge on any atom is 0.410 e. The number of allylic oxidation sites excluding steroid dienone is 1. The second-order valence-corrected chi connectivity index (χ2v) is 5.22. The number of hydrogen-bond acceptors (Lipinski definition) is 4. The van der Waals surface area contributed by atoms with Crippen molar-refractivity contribution in [1.29, 1.82) is 0 Å². The molecular formula is C19H15F3O4. The van der Waals surface area contributed by atoms with Gasteiger partial charge in [-0.2, -0.15) is 13.2 Å². The van der Waals surface area contributed by atoms with Crippen LogP contribution < -0.4 is 0 Å². The first-order chi connectivity index (χ1) is 12.3. The largest absolute Gasteiger partial charge is 0.457 e. The summed E-state index contributed by atoms with van der Waals surface area (Å²) in [6.07, 6.45) is -5.28. The molecule has 0 N–H and O–H groups in total. The average Bonchev–Trinajstić information content (AvgIpc) is 2.63. The van der Waals surface area contributed by atoms with Gasteiger partial charge in [-0.05, 0) is 11.1 Å². The lowest BCUT2D eigenvalue weighted by atomic mass is 10.2. The molecule has 0 aromatic heterocycles. The topological polar surface area (TPSA) is 52.6 Å². The molecule has 2 rings (SSSR count). The predicted molar refractivity (Wildman–Crippen MR) is 86.6 cm³/mol. The summed E-state index contributed by atoms with van der Waals surface area (Å²) in [5.74, 6) is -2.80. The van der Waals surface area contributed by atoms with Crippen molar-refractivity contribution in [3.63, 3.8) is 0 Å². The van der Waals surface area contributed by atoms with E-state index in [1.807, 2.05) is 0 Å². The molecule has 2 aromatic carbocycles. The number of carbonyl (C=O) groups is 2. The normalized spacial score (nSPS) is 10.7. The molecule has 4 nitrogen and oxygen atoms in total. The highest BCUT2D eigenvalue weighted by Gasteiger charge is 2.32. The van der Waals surface area contributed by atoms with Crippen molar-refractivity contribution in [3.8, 4) is 0 Å². The van der Waals surface area contributed by atoms with E-state index in [2.05, 4.69) is 0 Å². The Kier molecular flexibility index (Phi) is 6.54. The number of rotatable bonds is 6. The Morgan fingerprint density at radius 2 is 1.15 bits per heavy atom. The number of benzene rings is 2. The molecule has 0 atom stereocenters. The van der Waals surface area contributed by atoms with E-state index >= 15 is 0 Å². The van der Waals surface area contributed by atoms with E-state index in [1.165, 1.54) is 0 Å². The van der Waals surface area contributed by atoms with Gasteiger partial charge in [-0.15, -0.1) is 0 Å². The number of alkyl halides is 3. The Morgan fingerprint density at radius 3 is 1.50 bits per heavy atom. The van der Waals surface area contributed by atoms with Gasteiger partial charge in [0.05, 0.1) is 0 Å². The Labute approximate surface area is 147 Å². The highest BCUT2D eigenvalue weighted by Crippen LogP contribution is 2.20. The van der Waals surface area contributed by atoms with E-state index in [9.17, 15) is 22.8 Å². The van der Waals surface area contributed by atoms with Gasteiger partial charge < -0.3 is 9.47 Å². The molecule has 0 saturated carbocycles. The first kappa shape index (κ1) is 19.2. The molecule has 0 fully saturated rings. The van der Waals surface area contributed by atoms with Gasteiger partial charge in [0.1, 0.15) is 18.8 Å². The summed E-state index contributed by atoms with van der Waals surface area (Å²) in [6.45, 7) is -0.526. The zero-order valence-electron chi connectivity index (χ0n) is 13.5. The first-order valence-electron chi connectivity index (χ1n) is 7.57. The van der Waals surface area contributed by atoms with Crippen LogP contribution in [0.3, 0.4) is 0 Å². The number of hydrogen-bond donors (Lipinski definition) is 0. The molecule has 26 heavy (non-hydrogen) atoms. The predicted octanol–water partition coefficient (Wildman–Crippen LogP) is 3.96. The van der Waals surface area contributed by atoms with Crippen LogP contribution in [-0.4, -0.2) is 18.1 Å². The van der Waals surface area contributed by atoms with Gasteiger partial charge in [0.2, 0.25) is 0 Å². The Morgan fingerprint density at radius 1 is 0.769 bits per heavy atom. The molecule has 0 radical (unpaired) electrons. The van der Waals surface area contributed by atoms with E-state index in [-0.39, 0.29) is 13.2 Å².